The van der Waals surface area contributed by atoms with Gasteiger partial charge in [0.1, 0.15) is 0 Å². The van der Waals surface area contributed by atoms with E-state index < -0.39 is 0 Å². The van der Waals surface area contributed by atoms with Crippen molar-refractivity contribution < 1.29 is 14.3 Å². The molecule has 0 aliphatic carbocycles. The molecule has 1 fully saturated rings. The number of rotatable bonds is 5. The fraction of sp³-hybridized carbons (Fsp3) is 0.538. The number of ether oxygens (including phenoxy) is 2. The lowest BCUT2D eigenvalue weighted by atomic mass is 10.1. The van der Waals surface area contributed by atoms with E-state index in [1.54, 1.807) is 26.5 Å². The van der Waals surface area contributed by atoms with Crippen LogP contribution in [0.1, 0.15) is 18.5 Å². The molecule has 1 atom stereocenters. The van der Waals surface area contributed by atoms with Crippen LogP contribution in [0.25, 0.3) is 0 Å². The molecule has 2 heterocycles. The van der Waals surface area contributed by atoms with Crippen LogP contribution >= 0.6 is 0 Å². The Hall–Kier alpha value is -1.82. The number of amides is 1. The van der Waals surface area contributed by atoms with Gasteiger partial charge in [0.2, 0.25) is 5.91 Å². The first-order valence-corrected chi connectivity index (χ1v) is 6.30. The molecule has 6 heteroatoms. The van der Waals surface area contributed by atoms with Crippen molar-refractivity contribution in [1.82, 2.24) is 15.6 Å². The van der Waals surface area contributed by atoms with Crippen molar-refractivity contribution in [2.75, 3.05) is 20.8 Å². The highest BCUT2D eigenvalue weighted by molar-refractivity contribution is 5.76. The van der Waals surface area contributed by atoms with Crippen molar-refractivity contribution in [3.05, 3.63) is 18.0 Å². The highest BCUT2D eigenvalue weighted by atomic mass is 16.5. The van der Waals surface area contributed by atoms with Crippen LogP contribution in [-0.2, 0) is 11.3 Å². The molecular weight excluding hydrogens is 246 g/mol. The molecular formula is C13H19N3O3. The summed E-state index contributed by atoms with van der Waals surface area (Å²) in [4.78, 5) is 15.4. The topological polar surface area (TPSA) is 72.5 Å². The van der Waals surface area contributed by atoms with Gasteiger partial charge < -0.3 is 20.1 Å². The molecule has 1 amide bonds. The molecule has 0 aromatic carbocycles. The monoisotopic (exact) mass is 265 g/mol. The summed E-state index contributed by atoms with van der Waals surface area (Å²) >= 11 is 0. The lowest BCUT2D eigenvalue weighted by Crippen LogP contribution is -2.45. The molecule has 1 aromatic rings. The van der Waals surface area contributed by atoms with Crippen molar-refractivity contribution in [3.63, 3.8) is 0 Å². The number of nitrogens with zero attached hydrogens (tertiary/aromatic N) is 1. The van der Waals surface area contributed by atoms with Crippen molar-refractivity contribution in [2.24, 2.45) is 0 Å². The summed E-state index contributed by atoms with van der Waals surface area (Å²) in [6.45, 7) is 1.24. The fourth-order valence-corrected chi connectivity index (χ4v) is 2.12. The zero-order valence-corrected chi connectivity index (χ0v) is 11.2. The number of methoxy groups -OCH3 is 2. The maximum atomic E-state index is 11.1. The Balaban J connectivity index is 1.97. The summed E-state index contributed by atoms with van der Waals surface area (Å²) in [7, 11) is 3.20. The Morgan fingerprint density at radius 1 is 1.47 bits per heavy atom. The van der Waals surface area contributed by atoms with E-state index in [2.05, 4.69) is 15.6 Å². The summed E-state index contributed by atoms with van der Waals surface area (Å²) in [5.41, 5.74) is 0.804. The molecule has 0 bridgehead atoms. The molecule has 6 nitrogen and oxygen atoms in total. The highest BCUT2D eigenvalue weighted by Crippen LogP contribution is 2.28. The van der Waals surface area contributed by atoms with Gasteiger partial charge in [-0.3, -0.25) is 9.78 Å². The number of hydrogen-bond acceptors (Lipinski definition) is 5. The molecule has 104 valence electrons. The first kappa shape index (κ1) is 13.6. The van der Waals surface area contributed by atoms with Gasteiger partial charge in [-0.2, -0.15) is 0 Å². The van der Waals surface area contributed by atoms with Crippen LogP contribution in [0.3, 0.4) is 0 Å². The molecule has 0 radical (unpaired) electrons. The second-order valence-corrected chi connectivity index (χ2v) is 4.41. The largest absolute Gasteiger partial charge is 0.493 e. The lowest BCUT2D eigenvalue weighted by molar-refractivity contribution is -0.122. The van der Waals surface area contributed by atoms with E-state index >= 15 is 0 Å². The fourth-order valence-electron chi connectivity index (χ4n) is 2.12. The van der Waals surface area contributed by atoms with Crippen LogP contribution in [0.2, 0.25) is 0 Å². The van der Waals surface area contributed by atoms with E-state index in [4.69, 9.17) is 9.47 Å². The molecule has 2 N–H and O–H groups in total. The third-order valence-electron chi connectivity index (χ3n) is 3.19. The minimum absolute atomic E-state index is 0.120. The predicted octanol–water partition coefficient (Wildman–Crippen LogP) is 0.467. The number of nitrogens with one attached hydrogen (secondary N) is 2. The number of hydrogen-bond donors (Lipinski definition) is 2. The normalized spacial score (nSPS) is 18.8. The molecule has 1 unspecified atom stereocenters. The second-order valence-electron chi connectivity index (χ2n) is 4.41. The third-order valence-corrected chi connectivity index (χ3v) is 3.19. The summed E-state index contributed by atoms with van der Waals surface area (Å²) < 4.78 is 10.6. The van der Waals surface area contributed by atoms with Gasteiger partial charge in [-0.05, 0) is 6.42 Å². The number of aromatic nitrogens is 1. The zero-order valence-electron chi connectivity index (χ0n) is 11.2. The second kappa shape index (κ2) is 6.38. The highest BCUT2D eigenvalue weighted by Gasteiger charge is 2.18. The summed E-state index contributed by atoms with van der Waals surface area (Å²) in [5, 5.41) is 6.21. The van der Waals surface area contributed by atoms with E-state index in [1.165, 1.54) is 0 Å². The van der Waals surface area contributed by atoms with Crippen LogP contribution < -0.4 is 20.1 Å². The molecule has 2 rings (SSSR count). The lowest BCUT2D eigenvalue weighted by Gasteiger charge is -2.23. The van der Waals surface area contributed by atoms with Gasteiger partial charge in [0.05, 0.1) is 19.9 Å². The molecule has 1 aliphatic rings. The zero-order chi connectivity index (χ0) is 13.7. The average Bonchev–Trinajstić information content (AvgIpc) is 2.46. The summed E-state index contributed by atoms with van der Waals surface area (Å²) in [5.74, 6) is 1.44. The minimum Gasteiger partial charge on any atom is -0.493 e. The van der Waals surface area contributed by atoms with Crippen molar-refractivity contribution in [2.45, 2.75) is 25.4 Å². The van der Waals surface area contributed by atoms with E-state index in [1.807, 2.05) is 0 Å². The smallest absolute Gasteiger partial charge is 0.220 e. The Labute approximate surface area is 112 Å². The van der Waals surface area contributed by atoms with Crippen molar-refractivity contribution >= 4 is 5.91 Å². The van der Waals surface area contributed by atoms with E-state index in [0.29, 0.717) is 31.0 Å². The van der Waals surface area contributed by atoms with Crippen LogP contribution in [-0.4, -0.2) is 37.7 Å². The maximum absolute atomic E-state index is 11.1. The Morgan fingerprint density at radius 2 is 2.32 bits per heavy atom. The molecule has 19 heavy (non-hydrogen) atoms. The first-order chi connectivity index (χ1) is 9.24. The van der Waals surface area contributed by atoms with E-state index in [0.717, 1.165) is 12.1 Å². The molecule has 1 aromatic heterocycles. The molecule has 1 aliphatic heterocycles. The molecule has 0 spiro atoms. The predicted molar refractivity (Wildman–Crippen MR) is 70.2 cm³/mol. The Kier molecular flexibility index (Phi) is 4.57. The number of carbonyl (C=O) groups excluding carboxylic acids is 1. The quantitative estimate of drug-likeness (QED) is 0.809. The first-order valence-electron chi connectivity index (χ1n) is 6.30. The van der Waals surface area contributed by atoms with Gasteiger partial charge >= 0.3 is 0 Å². The van der Waals surface area contributed by atoms with Gasteiger partial charge in [-0.1, -0.05) is 0 Å². The third kappa shape index (κ3) is 3.35. The minimum atomic E-state index is 0.120. The molecule has 0 saturated carbocycles. The van der Waals surface area contributed by atoms with Crippen molar-refractivity contribution in [3.8, 4) is 11.5 Å². The van der Waals surface area contributed by atoms with Crippen LogP contribution in [0.4, 0.5) is 0 Å². The molecule has 1 saturated heterocycles. The van der Waals surface area contributed by atoms with Crippen LogP contribution in [0.5, 0.6) is 11.5 Å². The number of pyridine rings is 1. The van der Waals surface area contributed by atoms with E-state index in [-0.39, 0.29) is 11.9 Å². The number of piperidine rings is 1. The Morgan fingerprint density at radius 3 is 2.95 bits per heavy atom. The maximum Gasteiger partial charge on any atom is 0.220 e. The van der Waals surface area contributed by atoms with Crippen LogP contribution in [0, 0.1) is 0 Å². The van der Waals surface area contributed by atoms with Gasteiger partial charge in [-0.25, -0.2) is 0 Å². The summed E-state index contributed by atoms with van der Waals surface area (Å²) in [6.07, 6.45) is 3.11. The standard InChI is InChI=1S/C13H19N3O3/c1-18-11-5-6-14-10(13(11)19-2)8-15-9-3-4-12(17)16-7-9/h5-6,9,15H,3-4,7-8H2,1-2H3,(H,16,17). The van der Waals surface area contributed by atoms with Gasteiger partial charge in [-0.15, -0.1) is 0 Å². The van der Waals surface area contributed by atoms with E-state index in [9.17, 15) is 4.79 Å². The van der Waals surface area contributed by atoms with Gasteiger partial charge in [0.15, 0.2) is 11.5 Å². The summed E-state index contributed by atoms with van der Waals surface area (Å²) in [6, 6.07) is 2.04. The van der Waals surface area contributed by atoms with Gasteiger partial charge in [0.25, 0.3) is 0 Å². The SMILES string of the molecule is COc1ccnc(CNC2CCC(=O)NC2)c1OC. The number of carbonyl (C=O) groups is 1. The van der Waals surface area contributed by atoms with Crippen LogP contribution in [0.15, 0.2) is 12.3 Å². The Bertz CT molecular complexity index is 441. The average molecular weight is 265 g/mol. The van der Waals surface area contributed by atoms with Gasteiger partial charge in [0, 0.05) is 37.8 Å². The van der Waals surface area contributed by atoms with Crippen molar-refractivity contribution in [1.29, 1.82) is 0 Å².